The first-order valence-electron chi connectivity index (χ1n) is 9.87. The lowest BCUT2D eigenvalue weighted by Crippen LogP contribution is -2.55. The molecule has 5 aliphatic rings. The fourth-order valence-corrected chi connectivity index (χ4v) is 6.56. The fourth-order valence-electron chi connectivity index (χ4n) is 6.39. The van der Waals surface area contributed by atoms with Crippen LogP contribution in [0.15, 0.2) is 42.5 Å². The second-order valence-electron chi connectivity index (χ2n) is 7.98. The van der Waals surface area contributed by atoms with Crippen molar-refractivity contribution in [1.29, 1.82) is 0 Å². The van der Waals surface area contributed by atoms with E-state index in [-0.39, 0.29) is 0 Å². The van der Waals surface area contributed by atoms with Crippen LogP contribution in [0, 0.1) is 23.6 Å². The van der Waals surface area contributed by atoms with Crippen LogP contribution in [0.4, 0.5) is 0 Å². The summed E-state index contributed by atoms with van der Waals surface area (Å²) in [6.45, 7) is 0. The van der Waals surface area contributed by atoms with Crippen LogP contribution < -0.4 is 0 Å². The fraction of sp³-hybridized carbons (Fsp3) is 0.455. The molecule has 0 nitrogen and oxygen atoms in total. The van der Waals surface area contributed by atoms with E-state index >= 15 is 0 Å². The van der Waals surface area contributed by atoms with E-state index in [9.17, 15) is 2.74 Å². The summed E-state index contributed by atoms with van der Waals surface area (Å²) >= 11 is 6.43. The molecule has 23 heavy (non-hydrogen) atoms. The minimum absolute atomic E-state index is 0.524. The molecular formula is C22H21Cl. The Morgan fingerprint density at radius 2 is 1.48 bits per heavy atom. The van der Waals surface area contributed by atoms with Crippen LogP contribution in [0.1, 0.15) is 46.0 Å². The predicted octanol–water partition coefficient (Wildman–Crippen LogP) is 6.06. The molecule has 4 saturated carbocycles. The summed E-state index contributed by atoms with van der Waals surface area (Å²) in [5, 5.41) is 0.729. The van der Waals surface area contributed by atoms with E-state index < -0.39 is 17.2 Å². The van der Waals surface area contributed by atoms with Crippen molar-refractivity contribution in [3.05, 3.63) is 58.6 Å². The smallest absolute Gasteiger partial charge is 0.0409 e. The molecular weight excluding hydrogens is 300 g/mol. The molecule has 2 aromatic rings. The summed E-state index contributed by atoms with van der Waals surface area (Å²) in [6, 6.07) is 14.7. The van der Waals surface area contributed by atoms with E-state index in [4.69, 9.17) is 11.6 Å². The van der Waals surface area contributed by atoms with E-state index in [0.717, 1.165) is 36.3 Å². The van der Waals surface area contributed by atoms with Gasteiger partial charge in [0, 0.05) is 13.2 Å². The van der Waals surface area contributed by atoms with Gasteiger partial charge in [-0.1, -0.05) is 41.9 Å². The lowest BCUT2D eigenvalue weighted by Gasteiger charge is -2.61. The number of fused-ring (bicyclic) bond motifs is 3. The van der Waals surface area contributed by atoms with E-state index in [1.54, 1.807) is 0 Å². The molecule has 2 aromatic carbocycles. The zero-order valence-corrected chi connectivity index (χ0v) is 13.9. The molecule has 1 spiro atoms. The first-order chi connectivity index (χ1) is 12.0. The van der Waals surface area contributed by atoms with Crippen molar-refractivity contribution >= 4 is 11.6 Å². The Balaban J connectivity index is 1.77. The van der Waals surface area contributed by atoms with Gasteiger partial charge >= 0.3 is 0 Å². The molecule has 0 N–H and O–H groups in total. The topological polar surface area (TPSA) is 0 Å². The molecule has 0 aromatic heterocycles. The molecule has 1 heteroatoms. The molecule has 5 aliphatic carbocycles. The molecule has 4 bridgehead atoms. The van der Waals surface area contributed by atoms with Crippen LogP contribution in [0.25, 0.3) is 11.1 Å². The number of hydrogen-bond acceptors (Lipinski definition) is 0. The Hall–Kier alpha value is -1.27. The Kier molecular flexibility index (Phi) is 2.08. The minimum atomic E-state index is -0.579. The third-order valence-electron chi connectivity index (χ3n) is 6.87. The minimum Gasteiger partial charge on any atom is -0.0843 e. The zero-order valence-electron chi connectivity index (χ0n) is 15.1. The van der Waals surface area contributed by atoms with Gasteiger partial charge in [-0.05, 0) is 90.1 Å². The number of benzene rings is 2. The third-order valence-corrected chi connectivity index (χ3v) is 7.11. The number of halogens is 1. The maximum atomic E-state index is 9.65. The van der Waals surface area contributed by atoms with Gasteiger partial charge < -0.3 is 0 Å². The standard InChI is InChI=1S/C22H21Cl/c23-17-5-6-19-18-3-1-2-4-20(18)22(21(19)12-17)15-8-13-7-14(10-15)11-16(22)9-13/h1-6,12-16H,7-11H2/i15D,16D. The van der Waals surface area contributed by atoms with Crippen molar-refractivity contribution in [3.63, 3.8) is 0 Å². The highest BCUT2D eigenvalue weighted by molar-refractivity contribution is 6.30. The SMILES string of the molecule is [2H]C12CC3CC(C1)CC([2H])(C3)C21c2ccccc2-c2ccc(Cl)cc21. The molecule has 0 heterocycles. The van der Waals surface area contributed by atoms with Crippen molar-refractivity contribution < 1.29 is 2.74 Å². The van der Waals surface area contributed by atoms with Crippen molar-refractivity contribution in [2.45, 2.75) is 37.5 Å². The third kappa shape index (κ3) is 1.45. The molecule has 116 valence electrons. The second kappa shape index (κ2) is 4.22. The molecule has 0 aliphatic heterocycles. The van der Waals surface area contributed by atoms with E-state index in [0.29, 0.717) is 11.8 Å². The zero-order chi connectivity index (χ0) is 17.0. The van der Waals surface area contributed by atoms with Crippen LogP contribution in [-0.2, 0) is 5.41 Å². The monoisotopic (exact) mass is 322 g/mol. The molecule has 4 fully saturated rings. The quantitative estimate of drug-likeness (QED) is 0.552. The Morgan fingerprint density at radius 3 is 2.22 bits per heavy atom. The molecule has 0 amide bonds. The van der Waals surface area contributed by atoms with E-state index in [1.807, 2.05) is 6.07 Å². The van der Waals surface area contributed by atoms with Gasteiger partial charge in [-0.15, -0.1) is 0 Å². The Bertz CT molecular complexity index is 882. The average Bonchev–Trinajstić information content (AvgIpc) is 2.83. The van der Waals surface area contributed by atoms with Gasteiger partial charge in [0.2, 0.25) is 0 Å². The summed E-state index contributed by atoms with van der Waals surface area (Å²) in [6.07, 6.45) is 4.98. The first kappa shape index (κ1) is 11.3. The van der Waals surface area contributed by atoms with Crippen molar-refractivity contribution in [2.24, 2.45) is 23.6 Å². The first-order valence-corrected chi connectivity index (χ1v) is 9.25. The lowest BCUT2D eigenvalue weighted by atomic mass is 9.43. The normalized spacial score (nSPS) is 46.5. The maximum absolute atomic E-state index is 9.65. The molecule has 0 saturated heterocycles. The molecule has 7 rings (SSSR count). The highest BCUT2D eigenvalue weighted by Gasteiger charge is 2.61. The van der Waals surface area contributed by atoms with Gasteiger partial charge in [0.15, 0.2) is 0 Å². The molecule has 0 unspecified atom stereocenters. The highest BCUT2D eigenvalue weighted by atomic mass is 35.5. The number of hydrogen-bond donors (Lipinski definition) is 0. The second-order valence-corrected chi connectivity index (χ2v) is 8.41. The van der Waals surface area contributed by atoms with Crippen LogP contribution in [0.2, 0.25) is 5.02 Å². The Labute approximate surface area is 145 Å². The Morgan fingerprint density at radius 1 is 0.826 bits per heavy atom. The van der Waals surface area contributed by atoms with Crippen LogP contribution in [0.5, 0.6) is 0 Å². The molecule has 0 radical (unpaired) electrons. The van der Waals surface area contributed by atoms with Crippen molar-refractivity contribution in [2.75, 3.05) is 0 Å². The summed E-state index contributed by atoms with van der Waals surface area (Å²) < 4.78 is 19.3. The lowest BCUT2D eigenvalue weighted by molar-refractivity contribution is -0.0399. The average molecular weight is 323 g/mol. The summed E-state index contributed by atoms with van der Waals surface area (Å²) in [4.78, 5) is 0. The van der Waals surface area contributed by atoms with Gasteiger partial charge in [0.25, 0.3) is 0 Å². The summed E-state index contributed by atoms with van der Waals surface area (Å²) in [5.41, 5.74) is 4.27. The van der Waals surface area contributed by atoms with Crippen molar-refractivity contribution in [1.82, 2.24) is 0 Å². The van der Waals surface area contributed by atoms with Gasteiger partial charge in [0.1, 0.15) is 0 Å². The van der Waals surface area contributed by atoms with Gasteiger partial charge in [-0.3, -0.25) is 0 Å². The van der Waals surface area contributed by atoms with Crippen LogP contribution >= 0.6 is 11.6 Å². The van der Waals surface area contributed by atoms with Gasteiger partial charge in [0.05, 0.1) is 0 Å². The van der Waals surface area contributed by atoms with Crippen molar-refractivity contribution in [3.8, 4) is 11.1 Å². The summed E-state index contributed by atoms with van der Waals surface area (Å²) in [5.74, 6) is -0.0394. The summed E-state index contributed by atoms with van der Waals surface area (Å²) in [7, 11) is 0. The van der Waals surface area contributed by atoms with Crippen LogP contribution in [-0.4, -0.2) is 0 Å². The van der Waals surface area contributed by atoms with E-state index in [2.05, 4.69) is 36.4 Å². The van der Waals surface area contributed by atoms with Gasteiger partial charge in [-0.2, -0.15) is 0 Å². The predicted molar refractivity (Wildman–Crippen MR) is 94.7 cm³/mol. The maximum Gasteiger partial charge on any atom is 0.0409 e. The number of rotatable bonds is 0. The van der Waals surface area contributed by atoms with E-state index in [1.165, 1.54) is 23.1 Å². The molecule has 0 atom stereocenters. The largest absolute Gasteiger partial charge is 0.0843 e. The van der Waals surface area contributed by atoms with Crippen LogP contribution in [0.3, 0.4) is 0 Å². The highest BCUT2D eigenvalue weighted by Crippen LogP contribution is 2.69. The van der Waals surface area contributed by atoms with Gasteiger partial charge in [-0.25, -0.2) is 0 Å².